The SMILES string of the molecule is O=C(CN1CCCN(C(=O)Cn2ccc(-c3cccs3)n2)CC1)Nc1ccc(F)cc1F. The van der Waals surface area contributed by atoms with Gasteiger partial charge in [0.1, 0.15) is 23.9 Å². The van der Waals surface area contributed by atoms with Crippen molar-refractivity contribution in [2.24, 2.45) is 0 Å². The lowest BCUT2D eigenvalue weighted by Crippen LogP contribution is -2.39. The Morgan fingerprint density at radius 1 is 1.06 bits per heavy atom. The van der Waals surface area contributed by atoms with Crippen molar-refractivity contribution in [3.8, 4) is 10.6 Å². The summed E-state index contributed by atoms with van der Waals surface area (Å²) in [6, 6.07) is 8.87. The van der Waals surface area contributed by atoms with E-state index in [0.717, 1.165) is 29.1 Å². The Kier molecular flexibility index (Phi) is 6.91. The molecule has 1 aliphatic heterocycles. The number of benzene rings is 1. The summed E-state index contributed by atoms with van der Waals surface area (Å²) >= 11 is 1.60. The van der Waals surface area contributed by atoms with Crippen LogP contribution in [0.5, 0.6) is 0 Å². The fraction of sp³-hybridized carbons (Fsp3) is 0.318. The number of hydrogen-bond donors (Lipinski definition) is 1. The Morgan fingerprint density at radius 2 is 1.94 bits per heavy atom. The molecule has 0 spiro atoms. The first-order chi connectivity index (χ1) is 15.5. The molecule has 0 aliphatic carbocycles. The summed E-state index contributed by atoms with van der Waals surface area (Å²) in [5, 5.41) is 8.94. The number of carbonyl (C=O) groups excluding carboxylic acids is 2. The van der Waals surface area contributed by atoms with Gasteiger partial charge in [0.25, 0.3) is 0 Å². The van der Waals surface area contributed by atoms with E-state index in [4.69, 9.17) is 0 Å². The van der Waals surface area contributed by atoms with Gasteiger partial charge in [-0.25, -0.2) is 8.78 Å². The number of amides is 2. The van der Waals surface area contributed by atoms with E-state index in [0.29, 0.717) is 26.2 Å². The summed E-state index contributed by atoms with van der Waals surface area (Å²) in [6.45, 7) is 2.51. The Morgan fingerprint density at radius 3 is 2.72 bits per heavy atom. The van der Waals surface area contributed by atoms with Crippen molar-refractivity contribution in [1.82, 2.24) is 19.6 Å². The smallest absolute Gasteiger partial charge is 0.244 e. The van der Waals surface area contributed by atoms with Gasteiger partial charge < -0.3 is 10.2 Å². The van der Waals surface area contributed by atoms with Crippen LogP contribution in [0.4, 0.5) is 14.5 Å². The van der Waals surface area contributed by atoms with Crippen molar-refractivity contribution >= 4 is 28.8 Å². The Balaban J connectivity index is 1.27. The topological polar surface area (TPSA) is 70.5 Å². The highest BCUT2D eigenvalue weighted by Gasteiger charge is 2.21. The van der Waals surface area contributed by atoms with Gasteiger partial charge in [-0.3, -0.25) is 19.2 Å². The third kappa shape index (κ3) is 5.57. The van der Waals surface area contributed by atoms with Crippen molar-refractivity contribution in [2.75, 3.05) is 38.0 Å². The van der Waals surface area contributed by atoms with E-state index < -0.39 is 11.6 Å². The molecule has 0 atom stereocenters. The molecule has 32 heavy (non-hydrogen) atoms. The Hall–Kier alpha value is -3.11. The van der Waals surface area contributed by atoms with Crippen molar-refractivity contribution in [3.05, 3.63) is 59.6 Å². The molecule has 2 amide bonds. The van der Waals surface area contributed by atoms with Crippen molar-refractivity contribution in [3.63, 3.8) is 0 Å². The minimum Gasteiger partial charge on any atom is -0.340 e. The van der Waals surface area contributed by atoms with Gasteiger partial charge in [0.2, 0.25) is 11.8 Å². The Labute approximate surface area is 188 Å². The van der Waals surface area contributed by atoms with E-state index in [2.05, 4.69) is 10.4 Å². The zero-order chi connectivity index (χ0) is 22.5. The largest absolute Gasteiger partial charge is 0.340 e. The quantitative estimate of drug-likeness (QED) is 0.615. The van der Waals surface area contributed by atoms with Crippen molar-refractivity contribution in [1.29, 1.82) is 0 Å². The molecule has 1 aliphatic rings. The molecule has 0 saturated carbocycles. The number of halogens is 2. The van der Waals surface area contributed by atoms with Crippen LogP contribution in [0.15, 0.2) is 48.0 Å². The third-order valence-electron chi connectivity index (χ3n) is 5.23. The third-order valence-corrected chi connectivity index (χ3v) is 6.12. The zero-order valence-corrected chi connectivity index (χ0v) is 18.2. The van der Waals surface area contributed by atoms with Crippen LogP contribution >= 0.6 is 11.3 Å². The number of thiophene rings is 1. The van der Waals surface area contributed by atoms with Gasteiger partial charge in [0, 0.05) is 38.4 Å². The van der Waals surface area contributed by atoms with E-state index in [1.165, 1.54) is 6.07 Å². The molecule has 1 N–H and O–H groups in total. The normalized spacial score (nSPS) is 14.9. The number of anilines is 1. The molecule has 3 heterocycles. The first-order valence-corrected chi connectivity index (χ1v) is 11.2. The minimum atomic E-state index is -0.813. The summed E-state index contributed by atoms with van der Waals surface area (Å²) in [6.07, 6.45) is 2.53. The number of nitrogens with zero attached hydrogens (tertiary/aromatic N) is 4. The second-order valence-corrected chi connectivity index (χ2v) is 8.51. The lowest BCUT2D eigenvalue weighted by atomic mass is 10.3. The number of aromatic nitrogens is 2. The minimum absolute atomic E-state index is 0.0227. The van der Waals surface area contributed by atoms with Crippen LogP contribution in [0, 0.1) is 11.6 Å². The number of nitrogens with one attached hydrogen (secondary N) is 1. The van der Waals surface area contributed by atoms with Gasteiger partial charge in [0.05, 0.1) is 17.1 Å². The molecule has 4 rings (SSSR count). The van der Waals surface area contributed by atoms with Crippen LogP contribution in [0.1, 0.15) is 6.42 Å². The van der Waals surface area contributed by atoms with Crippen LogP contribution in [0.2, 0.25) is 0 Å². The predicted octanol–water partition coefficient (Wildman–Crippen LogP) is 3.06. The van der Waals surface area contributed by atoms with Gasteiger partial charge in [-0.15, -0.1) is 11.3 Å². The first-order valence-electron chi connectivity index (χ1n) is 10.3. The second kappa shape index (κ2) is 10.0. The standard InChI is InChI=1S/C22H23F2N5O2S/c23-16-4-5-18(17(24)13-16)25-21(30)14-27-7-2-8-28(11-10-27)22(31)15-29-9-6-19(26-29)20-3-1-12-32-20/h1,3-6,9,12-13H,2,7-8,10-11,14-15H2,(H,25,30). The van der Waals surface area contributed by atoms with Crippen LogP contribution in [0.25, 0.3) is 10.6 Å². The summed E-state index contributed by atoms with van der Waals surface area (Å²) in [5.74, 6) is -1.92. The summed E-state index contributed by atoms with van der Waals surface area (Å²) in [5.41, 5.74) is 0.794. The monoisotopic (exact) mass is 459 g/mol. The van der Waals surface area contributed by atoms with E-state index in [9.17, 15) is 18.4 Å². The molecule has 0 unspecified atom stereocenters. The molecule has 0 radical (unpaired) electrons. The van der Waals surface area contributed by atoms with Crippen LogP contribution in [0.3, 0.4) is 0 Å². The molecule has 1 aromatic carbocycles. The van der Waals surface area contributed by atoms with Crippen LogP contribution < -0.4 is 5.32 Å². The summed E-state index contributed by atoms with van der Waals surface area (Å²) in [7, 11) is 0. The van der Waals surface area contributed by atoms with E-state index in [1.807, 2.05) is 28.5 Å². The molecule has 0 bridgehead atoms. The molecular weight excluding hydrogens is 436 g/mol. The first kappa shape index (κ1) is 22.1. The highest BCUT2D eigenvalue weighted by atomic mass is 32.1. The van der Waals surface area contributed by atoms with Crippen molar-refractivity contribution < 1.29 is 18.4 Å². The lowest BCUT2D eigenvalue weighted by molar-refractivity contribution is -0.131. The van der Waals surface area contributed by atoms with Gasteiger partial charge in [-0.1, -0.05) is 6.07 Å². The molecular formula is C22H23F2N5O2S. The lowest BCUT2D eigenvalue weighted by Gasteiger charge is -2.21. The predicted molar refractivity (Wildman–Crippen MR) is 118 cm³/mol. The van der Waals surface area contributed by atoms with E-state index >= 15 is 0 Å². The van der Waals surface area contributed by atoms with Crippen molar-refractivity contribution in [2.45, 2.75) is 13.0 Å². The van der Waals surface area contributed by atoms with Gasteiger partial charge in [-0.2, -0.15) is 5.10 Å². The van der Waals surface area contributed by atoms with Crippen LogP contribution in [-0.4, -0.2) is 64.1 Å². The maximum absolute atomic E-state index is 13.7. The fourth-order valence-electron chi connectivity index (χ4n) is 3.61. The van der Waals surface area contributed by atoms with E-state index in [1.54, 1.807) is 27.1 Å². The summed E-state index contributed by atoms with van der Waals surface area (Å²) in [4.78, 5) is 29.8. The second-order valence-electron chi connectivity index (χ2n) is 7.56. The molecule has 3 aromatic rings. The highest BCUT2D eigenvalue weighted by Crippen LogP contribution is 2.22. The maximum atomic E-state index is 13.7. The van der Waals surface area contributed by atoms with Gasteiger partial charge >= 0.3 is 0 Å². The molecule has 1 saturated heterocycles. The maximum Gasteiger partial charge on any atom is 0.244 e. The zero-order valence-electron chi connectivity index (χ0n) is 17.3. The number of hydrogen-bond acceptors (Lipinski definition) is 5. The molecule has 10 heteroatoms. The molecule has 1 fully saturated rings. The average molecular weight is 460 g/mol. The average Bonchev–Trinajstić information content (AvgIpc) is 3.39. The number of rotatable bonds is 6. The van der Waals surface area contributed by atoms with Gasteiger partial charge in [-0.05, 0) is 36.1 Å². The number of carbonyl (C=O) groups is 2. The molecule has 2 aromatic heterocycles. The fourth-order valence-corrected chi connectivity index (χ4v) is 4.30. The Bertz CT molecular complexity index is 1090. The van der Waals surface area contributed by atoms with Gasteiger partial charge in [0.15, 0.2) is 0 Å². The molecule has 7 nitrogen and oxygen atoms in total. The van der Waals surface area contributed by atoms with Crippen LogP contribution in [-0.2, 0) is 16.1 Å². The molecule has 168 valence electrons. The summed E-state index contributed by atoms with van der Waals surface area (Å²) < 4.78 is 28.4. The van der Waals surface area contributed by atoms with E-state index in [-0.39, 0.29) is 30.6 Å². The highest BCUT2D eigenvalue weighted by molar-refractivity contribution is 7.13.